The van der Waals surface area contributed by atoms with Crippen molar-refractivity contribution in [2.45, 2.75) is 45.3 Å². The molecule has 0 spiro atoms. The van der Waals surface area contributed by atoms with Crippen LogP contribution in [0.3, 0.4) is 0 Å². The number of allylic oxidation sites excluding steroid dienone is 1. The molecule has 1 aliphatic rings. The van der Waals surface area contributed by atoms with Gasteiger partial charge in [0.15, 0.2) is 6.10 Å². The minimum atomic E-state index is -1.04. The lowest BCUT2D eigenvalue weighted by molar-refractivity contribution is -0.143. The summed E-state index contributed by atoms with van der Waals surface area (Å²) in [7, 11) is 0. The number of carbonyl (C=O) groups is 2. The fourth-order valence-corrected chi connectivity index (χ4v) is 2.47. The number of nitrogens with one attached hydrogen (secondary N) is 1. The molecular weight excluding hydrogens is 282 g/mol. The maximum absolute atomic E-state index is 12.2. The molecule has 0 saturated heterocycles. The van der Waals surface area contributed by atoms with Gasteiger partial charge in [-0.1, -0.05) is 12.1 Å². The molecule has 5 nitrogen and oxygen atoms in total. The summed E-state index contributed by atoms with van der Waals surface area (Å²) in [6.07, 6.45) is 2.29. The fourth-order valence-electron chi connectivity index (χ4n) is 2.47. The number of carbonyl (C=O) groups excluding carboxylic acids is 1. The number of hydrogen-bond donors (Lipinski definition) is 2. The molecule has 2 unspecified atom stereocenters. The predicted octanol–water partition coefficient (Wildman–Crippen LogP) is 2.14. The van der Waals surface area contributed by atoms with E-state index in [1.807, 2.05) is 26.0 Å². The summed E-state index contributed by atoms with van der Waals surface area (Å²) in [4.78, 5) is 23.4. The first-order valence-corrected chi connectivity index (χ1v) is 7.33. The number of carboxylic acid groups (broad SMARTS) is 1. The van der Waals surface area contributed by atoms with Crippen molar-refractivity contribution in [1.82, 2.24) is 5.32 Å². The van der Waals surface area contributed by atoms with Gasteiger partial charge in [-0.3, -0.25) is 4.79 Å². The zero-order valence-corrected chi connectivity index (χ0v) is 12.9. The lowest BCUT2D eigenvalue weighted by Crippen LogP contribution is -2.46. The molecule has 2 N–H and O–H groups in total. The third-order valence-electron chi connectivity index (χ3n) is 3.92. The second kappa shape index (κ2) is 6.64. The molecule has 1 amide bonds. The smallest absolute Gasteiger partial charge is 0.326 e. The molecule has 2 rings (SSSR count). The number of fused-ring (bicyclic) bond motifs is 1. The number of ether oxygens (including phenoxy) is 1. The first-order valence-electron chi connectivity index (χ1n) is 7.33. The first kappa shape index (κ1) is 16.1. The van der Waals surface area contributed by atoms with E-state index in [4.69, 9.17) is 9.84 Å². The summed E-state index contributed by atoms with van der Waals surface area (Å²) in [5, 5.41) is 11.7. The van der Waals surface area contributed by atoms with E-state index in [0.717, 1.165) is 16.7 Å². The van der Waals surface area contributed by atoms with Crippen LogP contribution in [-0.2, 0) is 16.0 Å². The molecule has 2 atom stereocenters. The van der Waals surface area contributed by atoms with Gasteiger partial charge in [-0.25, -0.2) is 4.79 Å². The molecule has 1 aliphatic heterocycles. The van der Waals surface area contributed by atoms with Crippen LogP contribution < -0.4 is 10.1 Å². The van der Waals surface area contributed by atoms with Gasteiger partial charge in [0.1, 0.15) is 11.8 Å². The molecule has 0 aliphatic carbocycles. The molecule has 0 radical (unpaired) electrons. The number of aliphatic carboxylic acids is 1. The van der Waals surface area contributed by atoms with Crippen molar-refractivity contribution >= 4 is 11.9 Å². The lowest BCUT2D eigenvalue weighted by atomic mass is 10.0. The average Bonchev–Trinajstić information content (AvgIpc) is 2.86. The maximum Gasteiger partial charge on any atom is 0.326 e. The summed E-state index contributed by atoms with van der Waals surface area (Å²) in [5.41, 5.74) is 3.24. The molecule has 1 aromatic rings. The van der Waals surface area contributed by atoms with Crippen molar-refractivity contribution in [3.8, 4) is 5.75 Å². The summed E-state index contributed by atoms with van der Waals surface area (Å²) in [6, 6.07) is 3.02. The number of benzene rings is 1. The van der Waals surface area contributed by atoms with E-state index >= 15 is 0 Å². The van der Waals surface area contributed by atoms with Gasteiger partial charge < -0.3 is 15.2 Å². The van der Waals surface area contributed by atoms with Crippen LogP contribution in [0.2, 0.25) is 0 Å². The third-order valence-corrected chi connectivity index (χ3v) is 3.92. The molecule has 118 valence electrons. The lowest BCUT2D eigenvalue weighted by Gasteiger charge is -2.16. The Balaban J connectivity index is 2.02. The van der Waals surface area contributed by atoms with Crippen molar-refractivity contribution < 1.29 is 19.4 Å². The Labute approximate surface area is 130 Å². The zero-order chi connectivity index (χ0) is 16.3. The molecule has 1 aromatic carbocycles. The molecule has 0 saturated carbocycles. The topological polar surface area (TPSA) is 75.6 Å². The van der Waals surface area contributed by atoms with E-state index in [-0.39, 0.29) is 5.91 Å². The largest absolute Gasteiger partial charge is 0.480 e. The van der Waals surface area contributed by atoms with Gasteiger partial charge in [-0.2, -0.15) is 0 Å². The minimum absolute atomic E-state index is 0.322. The second-order valence-electron chi connectivity index (χ2n) is 5.62. The highest BCUT2D eigenvalue weighted by molar-refractivity contribution is 5.87. The molecule has 1 heterocycles. The average molecular weight is 303 g/mol. The van der Waals surface area contributed by atoms with Gasteiger partial charge >= 0.3 is 5.97 Å². The normalized spacial score (nSPS) is 17.3. The van der Waals surface area contributed by atoms with Crippen molar-refractivity contribution in [3.05, 3.63) is 41.5 Å². The predicted molar refractivity (Wildman–Crippen MR) is 83.0 cm³/mol. The Morgan fingerprint density at radius 2 is 2.14 bits per heavy atom. The van der Waals surface area contributed by atoms with E-state index in [9.17, 15) is 9.59 Å². The van der Waals surface area contributed by atoms with Gasteiger partial charge in [-0.15, -0.1) is 6.58 Å². The Morgan fingerprint density at radius 1 is 1.45 bits per heavy atom. The van der Waals surface area contributed by atoms with Gasteiger partial charge in [0.05, 0.1) is 0 Å². The van der Waals surface area contributed by atoms with E-state index in [0.29, 0.717) is 25.0 Å². The van der Waals surface area contributed by atoms with Crippen molar-refractivity contribution in [2.24, 2.45) is 0 Å². The Morgan fingerprint density at radius 3 is 2.77 bits per heavy atom. The molecule has 22 heavy (non-hydrogen) atoms. The molecular formula is C17H21NO4. The quantitative estimate of drug-likeness (QED) is 0.790. The van der Waals surface area contributed by atoms with E-state index < -0.39 is 18.1 Å². The Hall–Kier alpha value is -2.30. The zero-order valence-electron chi connectivity index (χ0n) is 12.9. The number of hydrogen-bond acceptors (Lipinski definition) is 3. The molecule has 0 bridgehead atoms. The van der Waals surface area contributed by atoms with Crippen molar-refractivity contribution in [1.29, 1.82) is 0 Å². The van der Waals surface area contributed by atoms with Crippen LogP contribution in [-0.4, -0.2) is 29.1 Å². The summed E-state index contributed by atoms with van der Waals surface area (Å²) in [5.74, 6) is -0.721. The SMILES string of the molecule is C=CCCC(NC(=O)C1Cc2cc(C)c(C)cc2O1)C(=O)O. The number of amides is 1. The highest BCUT2D eigenvalue weighted by atomic mass is 16.5. The number of rotatable bonds is 6. The van der Waals surface area contributed by atoms with Gasteiger partial charge in [0, 0.05) is 6.42 Å². The molecule has 0 aromatic heterocycles. The fraction of sp³-hybridized carbons (Fsp3) is 0.412. The number of aryl methyl sites for hydroxylation is 2. The third kappa shape index (κ3) is 3.47. The molecule has 5 heteroatoms. The van der Waals surface area contributed by atoms with Gasteiger partial charge in [0.25, 0.3) is 5.91 Å². The van der Waals surface area contributed by atoms with Gasteiger partial charge in [-0.05, 0) is 49.4 Å². The highest BCUT2D eigenvalue weighted by Gasteiger charge is 2.32. The summed E-state index contributed by atoms with van der Waals surface area (Å²) >= 11 is 0. The number of carboxylic acids is 1. The second-order valence-corrected chi connectivity index (χ2v) is 5.62. The van der Waals surface area contributed by atoms with Crippen molar-refractivity contribution in [2.75, 3.05) is 0 Å². The first-order chi connectivity index (χ1) is 10.4. The summed E-state index contributed by atoms with van der Waals surface area (Å²) in [6.45, 7) is 7.56. The van der Waals surface area contributed by atoms with E-state index in [1.54, 1.807) is 6.08 Å². The Bertz CT molecular complexity index is 578. The van der Waals surface area contributed by atoms with Crippen LogP contribution in [0, 0.1) is 13.8 Å². The van der Waals surface area contributed by atoms with E-state index in [1.165, 1.54) is 0 Å². The monoisotopic (exact) mass is 303 g/mol. The maximum atomic E-state index is 12.2. The highest BCUT2D eigenvalue weighted by Crippen LogP contribution is 2.31. The van der Waals surface area contributed by atoms with Crippen LogP contribution >= 0.6 is 0 Å². The van der Waals surface area contributed by atoms with Crippen molar-refractivity contribution in [3.63, 3.8) is 0 Å². The van der Waals surface area contributed by atoms with E-state index in [2.05, 4.69) is 11.9 Å². The summed E-state index contributed by atoms with van der Waals surface area (Å²) < 4.78 is 5.66. The minimum Gasteiger partial charge on any atom is -0.480 e. The van der Waals surface area contributed by atoms with Crippen LogP contribution in [0.25, 0.3) is 0 Å². The van der Waals surface area contributed by atoms with Gasteiger partial charge in [0.2, 0.25) is 0 Å². The Kier molecular flexibility index (Phi) is 4.85. The standard InChI is InChI=1S/C17H21NO4/c1-4-5-6-13(17(20)21)18-16(19)15-9-12-7-10(2)11(3)8-14(12)22-15/h4,7-8,13,15H,1,5-6,9H2,2-3H3,(H,18,19)(H,20,21). The van der Waals surface area contributed by atoms with Crippen LogP contribution in [0.4, 0.5) is 0 Å². The van der Waals surface area contributed by atoms with Crippen LogP contribution in [0.1, 0.15) is 29.5 Å². The molecule has 0 fully saturated rings. The van der Waals surface area contributed by atoms with Crippen LogP contribution in [0.15, 0.2) is 24.8 Å². The van der Waals surface area contributed by atoms with Crippen LogP contribution in [0.5, 0.6) is 5.75 Å².